The van der Waals surface area contributed by atoms with Crippen LogP contribution in [0.2, 0.25) is 0 Å². The minimum atomic E-state index is -0.818. The number of rotatable bonds is 5. The Morgan fingerprint density at radius 2 is 1.39 bits per heavy atom. The van der Waals surface area contributed by atoms with Crippen LogP contribution in [0.1, 0.15) is 11.1 Å². The molecule has 0 spiro atoms. The number of carbonyl (C=O) groups excluding carboxylic acids is 2. The second-order valence-corrected chi connectivity index (χ2v) is 7.72. The maximum absolute atomic E-state index is 13.4. The Hall–Kier alpha value is -3.70. The summed E-state index contributed by atoms with van der Waals surface area (Å²) >= 11 is 0. The van der Waals surface area contributed by atoms with E-state index in [9.17, 15) is 9.59 Å². The molecule has 3 aromatic rings. The number of hydrogen-bond donors (Lipinski definition) is 0. The van der Waals surface area contributed by atoms with Gasteiger partial charge in [-0.25, -0.2) is 5.06 Å². The highest BCUT2D eigenvalue weighted by atomic mass is 16.7. The molecular formula is C26H22N2O3. The summed E-state index contributed by atoms with van der Waals surface area (Å²) < 4.78 is 0. The summed E-state index contributed by atoms with van der Waals surface area (Å²) in [5.74, 6) is -1.06. The molecule has 2 amide bonds. The summed E-state index contributed by atoms with van der Waals surface area (Å²) in [6.07, 6.45) is 3.12. The van der Waals surface area contributed by atoms with Crippen molar-refractivity contribution in [2.24, 2.45) is 5.92 Å². The smallest absolute Gasteiger partial charge is 0.262 e. The highest BCUT2D eigenvalue weighted by Crippen LogP contribution is 2.39. The van der Waals surface area contributed by atoms with Crippen molar-refractivity contribution in [3.05, 3.63) is 108 Å². The van der Waals surface area contributed by atoms with E-state index in [0.717, 1.165) is 16.8 Å². The molecule has 5 heteroatoms. The number of hydroxylamine groups is 1. The molecule has 154 valence electrons. The highest BCUT2D eigenvalue weighted by Gasteiger charge is 2.58. The second-order valence-electron chi connectivity index (χ2n) is 7.72. The Morgan fingerprint density at radius 1 is 0.774 bits per heavy atom. The van der Waals surface area contributed by atoms with Gasteiger partial charge in [0.25, 0.3) is 5.91 Å². The molecule has 2 aliphatic rings. The first kappa shape index (κ1) is 19.3. The molecule has 2 saturated heterocycles. The normalized spacial score (nSPS) is 23.0. The zero-order chi connectivity index (χ0) is 21.2. The lowest BCUT2D eigenvalue weighted by atomic mass is 9.95. The van der Waals surface area contributed by atoms with Crippen LogP contribution in [-0.4, -0.2) is 28.9 Å². The first-order valence-corrected chi connectivity index (χ1v) is 10.4. The first-order valence-electron chi connectivity index (χ1n) is 10.4. The molecule has 0 unspecified atom stereocenters. The van der Waals surface area contributed by atoms with E-state index in [4.69, 9.17) is 4.84 Å². The number of benzene rings is 3. The molecule has 0 radical (unpaired) electrons. The average molecular weight is 410 g/mol. The topological polar surface area (TPSA) is 49.9 Å². The van der Waals surface area contributed by atoms with Crippen molar-refractivity contribution in [1.82, 2.24) is 4.90 Å². The van der Waals surface area contributed by atoms with Gasteiger partial charge in [-0.2, -0.15) is 0 Å². The van der Waals surface area contributed by atoms with Gasteiger partial charge in [0.05, 0.1) is 18.3 Å². The summed E-state index contributed by atoms with van der Waals surface area (Å²) in [6.45, 7) is 0.259. The molecule has 0 aromatic heterocycles. The van der Waals surface area contributed by atoms with E-state index in [-0.39, 0.29) is 24.4 Å². The van der Waals surface area contributed by atoms with Crippen molar-refractivity contribution in [1.29, 1.82) is 0 Å². The van der Waals surface area contributed by atoms with E-state index in [0.29, 0.717) is 0 Å². The molecule has 31 heavy (non-hydrogen) atoms. The number of amides is 2. The summed E-state index contributed by atoms with van der Waals surface area (Å²) in [5, 5.41) is 1.70. The van der Waals surface area contributed by atoms with E-state index >= 15 is 0 Å². The predicted octanol–water partition coefficient (Wildman–Crippen LogP) is 4.07. The maximum Gasteiger partial charge on any atom is 0.262 e. The van der Waals surface area contributed by atoms with Gasteiger partial charge in [0, 0.05) is 0 Å². The third kappa shape index (κ3) is 3.64. The zero-order valence-corrected chi connectivity index (χ0v) is 16.9. The lowest BCUT2D eigenvalue weighted by Gasteiger charge is -2.26. The van der Waals surface area contributed by atoms with Gasteiger partial charge in [-0.05, 0) is 23.3 Å². The van der Waals surface area contributed by atoms with Gasteiger partial charge in [0.15, 0.2) is 6.10 Å². The lowest BCUT2D eigenvalue weighted by Crippen LogP contribution is -2.39. The fourth-order valence-electron chi connectivity index (χ4n) is 4.20. The molecule has 0 bridgehead atoms. The summed E-state index contributed by atoms with van der Waals surface area (Å²) in [4.78, 5) is 33.9. The molecule has 5 nitrogen and oxygen atoms in total. The number of para-hydroxylation sites is 1. The molecular weight excluding hydrogens is 388 g/mol. The SMILES string of the molecule is O=C1[C@@H]2[C@@H](ON(c3ccccc3)[C@H]2/C=C/c2ccccc2)C(=O)N1Cc1ccccc1. The van der Waals surface area contributed by atoms with Gasteiger partial charge in [-0.3, -0.25) is 19.3 Å². The van der Waals surface area contributed by atoms with Crippen LogP contribution in [0.5, 0.6) is 0 Å². The van der Waals surface area contributed by atoms with E-state index in [1.807, 2.05) is 103 Å². The summed E-state index contributed by atoms with van der Waals surface area (Å²) in [5.41, 5.74) is 2.76. The fraction of sp³-hybridized carbons (Fsp3) is 0.154. The molecule has 2 heterocycles. The Balaban J connectivity index is 1.47. The van der Waals surface area contributed by atoms with Crippen molar-refractivity contribution in [3.8, 4) is 0 Å². The Bertz CT molecular complexity index is 1100. The maximum atomic E-state index is 13.4. The molecule has 5 rings (SSSR count). The quantitative estimate of drug-likeness (QED) is 0.595. The number of anilines is 1. The van der Waals surface area contributed by atoms with Crippen LogP contribution in [0, 0.1) is 5.92 Å². The number of nitrogens with zero attached hydrogens (tertiary/aromatic N) is 2. The van der Waals surface area contributed by atoms with Crippen LogP contribution in [0.25, 0.3) is 6.08 Å². The van der Waals surface area contributed by atoms with Crippen LogP contribution >= 0.6 is 0 Å². The van der Waals surface area contributed by atoms with Crippen molar-refractivity contribution in [2.75, 3.05) is 5.06 Å². The molecule has 0 aliphatic carbocycles. The molecule has 0 N–H and O–H groups in total. The minimum absolute atomic E-state index is 0.194. The van der Waals surface area contributed by atoms with Gasteiger partial charge in [-0.1, -0.05) is 91.0 Å². The number of imide groups is 1. The molecule has 3 aromatic carbocycles. The minimum Gasteiger partial charge on any atom is -0.275 e. The Kier molecular flexibility index (Phi) is 5.10. The van der Waals surface area contributed by atoms with Crippen molar-refractivity contribution < 1.29 is 14.4 Å². The largest absolute Gasteiger partial charge is 0.275 e. The molecule has 2 aliphatic heterocycles. The first-order chi connectivity index (χ1) is 15.2. The predicted molar refractivity (Wildman–Crippen MR) is 119 cm³/mol. The molecule has 3 atom stereocenters. The van der Waals surface area contributed by atoms with Crippen LogP contribution in [0.15, 0.2) is 97.1 Å². The van der Waals surface area contributed by atoms with E-state index in [1.165, 1.54) is 4.90 Å². The molecule has 0 saturated carbocycles. The van der Waals surface area contributed by atoms with E-state index < -0.39 is 12.0 Å². The van der Waals surface area contributed by atoms with Crippen molar-refractivity contribution in [2.45, 2.75) is 18.7 Å². The van der Waals surface area contributed by atoms with Gasteiger partial charge in [0.2, 0.25) is 5.91 Å². The third-order valence-corrected chi connectivity index (χ3v) is 5.73. The lowest BCUT2D eigenvalue weighted by molar-refractivity contribution is -0.143. The van der Waals surface area contributed by atoms with Crippen molar-refractivity contribution in [3.63, 3.8) is 0 Å². The number of hydrogen-bond acceptors (Lipinski definition) is 4. The monoisotopic (exact) mass is 410 g/mol. The highest BCUT2D eigenvalue weighted by molar-refractivity contribution is 6.07. The number of likely N-dealkylation sites (tertiary alicyclic amines) is 1. The third-order valence-electron chi connectivity index (χ3n) is 5.73. The van der Waals surface area contributed by atoms with Gasteiger partial charge < -0.3 is 0 Å². The fourth-order valence-corrected chi connectivity index (χ4v) is 4.20. The summed E-state index contributed by atoms with van der Waals surface area (Å²) in [7, 11) is 0. The van der Waals surface area contributed by atoms with Crippen LogP contribution in [0.3, 0.4) is 0 Å². The van der Waals surface area contributed by atoms with Crippen LogP contribution in [-0.2, 0) is 21.0 Å². The van der Waals surface area contributed by atoms with Gasteiger partial charge >= 0.3 is 0 Å². The van der Waals surface area contributed by atoms with E-state index in [2.05, 4.69) is 0 Å². The number of fused-ring (bicyclic) bond motifs is 1. The second kappa shape index (κ2) is 8.20. The average Bonchev–Trinajstić information content (AvgIpc) is 3.31. The van der Waals surface area contributed by atoms with Gasteiger partial charge in [0.1, 0.15) is 5.92 Å². The standard InChI is InChI=1S/C26H22N2O3/c29-25-23-22(17-16-19-10-4-1-5-11-19)28(21-14-8-3-9-15-21)31-24(23)26(30)27(25)18-20-12-6-2-7-13-20/h1-17,22-24H,18H2/b17-16+/t22-,23-,24+/m0/s1. The molecule has 2 fully saturated rings. The Labute approximate surface area is 181 Å². The summed E-state index contributed by atoms with van der Waals surface area (Å²) in [6, 6.07) is 28.6. The zero-order valence-electron chi connectivity index (χ0n) is 16.9. The van der Waals surface area contributed by atoms with Crippen LogP contribution < -0.4 is 5.06 Å². The van der Waals surface area contributed by atoms with Crippen molar-refractivity contribution >= 4 is 23.6 Å². The van der Waals surface area contributed by atoms with E-state index in [1.54, 1.807) is 5.06 Å². The Morgan fingerprint density at radius 3 is 2.06 bits per heavy atom. The number of carbonyl (C=O) groups is 2. The van der Waals surface area contributed by atoms with Crippen LogP contribution in [0.4, 0.5) is 5.69 Å². The van der Waals surface area contributed by atoms with Gasteiger partial charge in [-0.15, -0.1) is 0 Å².